The minimum absolute atomic E-state index is 0.0369. The maximum atomic E-state index is 12.5. The molecule has 18 heavy (non-hydrogen) atoms. The zero-order valence-corrected chi connectivity index (χ0v) is 10.4. The average molecular weight is 261 g/mol. The van der Waals surface area contributed by atoms with Gasteiger partial charge in [-0.2, -0.15) is 18.3 Å². The van der Waals surface area contributed by atoms with Gasteiger partial charge in [0.2, 0.25) is 0 Å². The summed E-state index contributed by atoms with van der Waals surface area (Å²) in [6.45, 7) is 2.84. The number of nitrogens with one attached hydrogen (secondary N) is 1. The van der Waals surface area contributed by atoms with Gasteiger partial charge in [0.25, 0.3) is 0 Å². The van der Waals surface area contributed by atoms with Crippen LogP contribution >= 0.6 is 0 Å². The van der Waals surface area contributed by atoms with Crippen molar-refractivity contribution >= 4 is 0 Å². The van der Waals surface area contributed by atoms with Crippen molar-refractivity contribution in [3.05, 3.63) is 18.0 Å². The van der Waals surface area contributed by atoms with E-state index < -0.39 is 11.7 Å². The second kappa shape index (κ2) is 5.30. The maximum absolute atomic E-state index is 12.5. The monoisotopic (exact) mass is 261 g/mol. The Labute approximate surface area is 104 Å². The van der Waals surface area contributed by atoms with Crippen molar-refractivity contribution in [1.29, 1.82) is 0 Å². The number of rotatable bonds is 3. The first kappa shape index (κ1) is 13.4. The van der Waals surface area contributed by atoms with Crippen LogP contribution in [0.4, 0.5) is 13.2 Å². The van der Waals surface area contributed by atoms with Crippen molar-refractivity contribution in [2.75, 3.05) is 6.54 Å². The minimum Gasteiger partial charge on any atom is -0.312 e. The van der Waals surface area contributed by atoms with Gasteiger partial charge in [-0.05, 0) is 19.4 Å². The Balaban J connectivity index is 2.15. The summed E-state index contributed by atoms with van der Waals surface area (Å²) in [5, 5.41) is 7.23. The fourth-order valence-electron chi connectivity index (χ4n) is 2.59. The topological polar surface area (TPSA) is 29.9 Å². The summed E-state index contributed by atoms with van der Waals surface area (Å²) in [5.74, 6) is 0. The van der Waals surface area contributed by atoms with Gasteiger partial charge in [-0.25, -0.2) is 0 Å². The number of hydrogen-bond donors (Lipinski definition) is 1. The molecule has 2 rings (SSSR count). The van der Waals surface area contributed by atoms with Crippen LogP contribution in [0.2, 0.25) is 0 Å². The standard InChI is InChI=1S/C12H18F3N3/c1-2-16-10-5-3-4-6-11(10)18-8-9(7-17-18)12(13,14)15/h7-8,10-11,16H,2-6H2,1H3. The molecule has 0 aromatic carbocycles. The van der Waals surface area contributed by atoms with Crippen LogP contribution in [-0.2, 0) is 6.18 Å². The van der Waals surface area contributed by atoms with Crippen molar-refractivity contribution in [1.82, 2.24) is 15.1 Å². The Bertz CT molecular complexity index is 384. The van der Waals surface area contributed by atoms with Crippen molar-refractivity contribution < 1.29 is 13.2 Å². The Kier molecular flexibility index (Phi) is 3.94. The Morgan fingerprint density at radius 3 is 2.72 bits per heavy atom. The summed E-state index contributed by atoms with van der Waals surface area (Å²) in [6.07, 6.45) is 1.80. The van der Waals surface area contributed by atoms with Gasteiger partial charge < -0.3 is 5.32 Å². The van der Waals surface area contributed by atoms with Gasteiger partial charge in [0.1, 0.15) is 0 Å². The third-order valence-electron chi connectivity index (χ3n) is 3.46. The average Bonchev–Trinajstić information content (AvgIpc) is 2.79. The second-order valence-electron chi connectivity index (χ2n) is 4.72. The lowest BCUT2D eigenvalue weighted by molar-refractivity contribution is -0.137. The third kappa shape index (κ3) is 2.85. The molecule has 2 atom stereocenters. The van der Waals surface area contributed by atoms with E-state index in [1.54, 1.807) is 0 Å². The van der Waals surface area contributed by atoms with Crippen LogP contribution in [0.1, 0.15) is 44.2 Å². The molecule has 1 aromatic heterocycles. The van der Waals surface area contributed by atoms with E-state index in [4.69, 9.17) is 0 Å². The molecule has 0 amide bonds. The molecule has 0 saturated heterocycles. The van der Waals surface area contributed by atoms with E-state index in [9.17, 15) is 13.2 Å². The molecule has 0 radical (unpaired) electrons. The predicted octanol–water partition coefficient (Wildman–Crippen LogP) is 3.00. The highest BCUT2D eigenvalue weighted by Crippen LogP contribution is 2.32. The maximum Gasteiger partial charge on any atom is 0.419 e. The molecule has 1 aromatic rings. The lowest BCUT2D eigenvalue weighted by atomic mass is 9.90. The zero-order chi connectivity index (χ0) is 13.2. The highest BCUT2D eigenvalue weighted by Gasteiger charge is 2.34. The summed E-state index contributed by atoms with van der Waals surface area (Å²) in [5.41, 5.74) is -0.664. The highest BCUT2D eigenvalue weighted by atomic mass is 19.4. The SMILES string of the molecule is CCNC1CCCCC1n1cc(C(F)(F)F)cn1. The first-order chi connectivity index (χ1) is 8.52. The smallest absolute Gasteiger partial charge is 0.312 e. The van der Waals surface area contributed by atoms with E-state index in [1.807, 2.05) is 6.92 Å². The zero-order valence-electron chi connectivity index (χ0n) is 10.4. The molecule has 1 heterocycles. The third-order valence-corrected chi connectivity index (χ3v) is 3.46. The fourth-order valence-corrected chi connectivity index (χ4v) is 2.59. The van der Waals surface area contributed by atoms with Crippen LogP contribution in [0.15, 0.2) is 12.4 Å². The highest BCUT2D eigenvalue weighted by molar-refractivity contribution is 5.09. The first-order valence-corrected chi connectivity index (χ1v) is 6.37. The summed E-state index contributed by atoms with van der Waals surface area (Å²) >= 11 is 0. The normalized spacial score (nSPS) is 25.3. The minimum atomic E-state index is -4.30. The Hall–Kier alpha value is -1.04. The van der Waals surface area contributed by atoms with Gasteiger partial charge in [-0.3, -0.25) is 4.68 Å². The van der Waals surface area contributed by atoms with Crippen LogP contribution in [0.3, 0.4) is 0 Å². The van der Waals surface area contributed by atoms with Crippen LogP contribution in [0, 0.1) is 0 Å². The van der Waals surface area contributed by atoms with Crippen molar-refractivity contribution in [3.8, 4) is 0 Å². The molecule has 3 nitrogen and oxygen atoms in total. The molecule has 0 aliphatic heterocycles. The molecular weight excluding hydrogens is 243 g/mol. The number of hydrogen-bond acceptors (Lipinski definition) is 2. The molecular formula is C12H18F3N3. The lowest BCUT2D eigenvalue weighted by Crippen LogP contribution is -2.39. The van der Waals surface area contributed by atoms with Gasteiger partial charge in [0.15, 0.2) is 0 Å². The number of alkyl halides is 3. The molecule has 1 aliphatic carbocycles. The number of aromatic nitrogens is 2. The number of nitrogens with zero attached hydrogens (tertiary/aromatic N) is 2. The van der Waals surface area contributed by atoms with Crippen LogP contribution in [-0.4, -0.2) is 22.4 Å². The Morgan fingerprint density at radius 1 is 1.39 bits per heavy atom. The van der Waals surface area contributed by atoms with Crippen molar-refractivity contribution in [3.63, 3.8) is 0 Å². The number of likely N-dealkylation sites (N-methyl/N-ethyl adjacent to an activating group) is 1. The number of halogens is 3. The van der Waals surface area contributed by atoms with Gasteiger partial charge in [0, 0.05) is 12.2 Å². The fraction of sp³-hybridized carbons (Fsp3) is 0.750. The molecule has 1 N–H and O–H groups in total. The summed E-state index contributed by atoms with van der Waals surface area (Å²) in [7, 11) is 0. The molecule has 0 bridgehead atoms. The van der Waals surface area contributed by atoms with Crippen molar-refractivity contribution in [2.24, 2.45) is 0 Å². The summed E-state index contributed by atoms with van der Waals surface area (Å²) in [6, 6.07) is 0.263. The molecule has 102 valence electrons. The van der Waals surface area contributed by atoms with Crippen LogP contribution in [0.5, 0.6) is 0 Å². The second-order valence-corrected chi connectivity index (χ2v) is 4.72. The molecule has 6 heteroatoms. The van der Waals surface area contributed by atoms with Crippen molar-refractivity contribution in [2.45, 2.75) is 50.9 Å². The largest absolute Gasteiger partial charge is 0.419 e. The van der Waals surface area contributed by atoms with Crippen LogP contribution < -0.4 is 5.32 Å². The van der Waals surface area contributed by atoms with E-state index >= 15 is 0 Å². The predicted molar refractivity (Wildman–Crippen MR) is 62.2 cm³/mol. The molecule has 0 spiro atoms. The summed E-state index contributed by atoms with van der Waals surface area (Å²) in [4.78, 5) is 0. The van der Waals surface area contributed by atoms with E-state index in [0.717, 1.165) is 44.6 Å². The van der Waals surface area contributed by atoms with Gasteiger partial charge >= 0.3 is 6.18 Å². The molecule has 1 fully saturated rings. The summed E-state index contributed by atoms with van der Waals surface area (Å²) < 4.78 is 39.1. The molecule has 1 aliphatic rings. The lowest BCUT2D eigenvalue weighted by Gasteiger charge is -2.32. The Morgan fingerprint density at radius 2 is 2.11 bits per heavy atom. The first-order valence-electron chi connectivity index (χ1n) is 6.37. The van der Waals surface area contributed by atoms with Gasteiger partial charge in [-0.15, -0.1) is 0 Å². The quantitative estimate of drug-likeness (QED) is 0.906. The van der Waals surface area contributed by atoms with Crippen LogP contribution in [0.25, 0.3) is 0 Å². The van der Waals surface area contributed by atoms with E-state index in [1.165, 1.54) is 4.68 Å². The molecule has 2 unspecified atom stereocenters. The van der Waals surface area contributed by atoms with E-state index in [0.29, 0.717) is 0 Å². The van der Waals surface area contributed by atoms with E-state index in [2.05, 4.69) is 10.4 Å². The van der Waals surface area contributed by atoms with Gasteiger partial charge in [-0.1, -0.05) is 19.8 Å². The van der Waals surface area contributed by atoms with Gasteiger partial charge in [0.05, 0.1) is 17.8 Å². The molecule has 1 saturated carbocycles. The van der Waals surface area contributed by atoms with E-state index in [-0.39, 0.29) is 12.1 Å².